The average molecular weight is 259 g/mol. The predicted octanol–water partition coefficient (Wildman–Crippen LogP) is 3.59. The van der Waals surface area contributed by atoms with Crippen LogP contribution in [0.1, 0.15) is 12.5 Å². The van der Waals surface area contributed by atoms with Gasteiger partial charge in [0, 0.05) is 5.56 Å². The first kappa shape index (κ1) is 11.2. The summed E-state index contributed by atoms with van der Waals surface area (Å²) in [4.78, 5) is 8.78. The maximum absolute atomic E-state index is 6.22. The summed E-state index contributed by atoms with van der Waals surface area (Å²) in [7, 11) is 0. The maximum atomic E-state index is 6.22. The van der Waals surface area contributed by atoms with Gasteiger partial charge in [-0.1, -0.05) is 41.9 Å². The van der Waals surface area contributed by atoms with Crippen molar-refractivity contribution in [2.75, 3.05) is 6.61 Å². The molecule has 2 heterocycles. The Bertz CT molecular complexity index is 623. The quantitative estimate of drug-likeness (QED) is 0.733. The molecule has 1 aliphatic heterocycles. The number of hydrogen-bond donors (Lipinski definition) is 0. The fourth-order valence-electron chi connectivity index (χ4n) is 1.91. The van der Waals surface area contributed by atoms with E-state index in [1.807, 2.05) is 43.3 Å². The van der Waals surface area contributed by atoms with Gasteiger partial charge >= 0.3 is 0 Å². The van der Waals surface area contributed by atoms with Crippen LogP contribution in [0.3, 0.4) is 0 Å². The molecule has 0 aliphatic carbocycles. The van der Waals surface area contributed by atoms with Gasteiger partial charge in [-0.15, -0.1) is 0 Å². The van der Waals surface area contributed by atoms with Crippen LogP contribution in [0, 0.1) is 0 Å². The van der Waals surface area contributed by atoms with Crippen molar-refractivity contribution in [1.29, 1.82) is 0 Å². The number of ether oxygens (including phenoxy) is 1. The molecule has 0 bridgehead atoms. The zero-order chi connectivity index (χ0) is 12.5. The fourth-order valence-corrected chi connectivity index (χ4v) is 2.22. The number of rotatable bonds is 1. The van der Waals surface area contributed by atoms with Gasteiger partial charge in [-0.2, -0.15) is 4.98 Å². The van der Waals surface area contributed by atoms with E-state index in [-0.39, 0.29) is 0 Å². The molecule has 0 N–H and O–H groups in total. The van der Waals surface area contributed by atoms with Gasteiger partial charge in [0.2, 0.25) is 5.88 Å². The Hall–Kier alpha value is -1.87. The monoisotopic (exact) mass is 258 g/mol. The molecule has 2 aromatic rings. The third kappa shape index (κ3) is 1.87. The van der Waals surface area contributed by atoms with E-state index < -0.39 is 0 Å². The van der Waals surface area contributed by atoms with E-state index in [4.69, 9.17) is 16.3 Å². The lowest BCUT2D eigenvalue weighted by Gasteiger charge is -2.16. The smallest absolute Gasteiger partial charge is 0.226 e. The van der Waals surface area contributed by atoms with Crippen LogP contribution in [0.25, 0.3) is 17.0 Å². The van der Waals surface area contributed by atoms with Crippen molar-refractivity contribution in [1.82, 2.24) is 9.97 Å². The highest BCUT2D eigenvalue weighted by atomic mass is 35.5. The Labute approximate surface area is 110 Å². The molecule has 0 amide bonds. The molecule has 0 atom stereocenters. The summed E-state index contributed by atoms with van der Waals surface area (Å²) < 4.78 is 5.52. The summed E-state index contributed by atoms with van der Waals surface area (Å²) in [5.41, 5.74) is 2.78. The van der Waals surface area contributed by atoms with E-state index in [1.54, 1.807) is 0 Å². The van der Waals surface area contributed by atoms with Gasteiger partial charge in [-0.3, -0.25) is 0 Å². The molecule has 0 spiro atoms. The summed E-state index contributed by atoms with van der Waals surface area (Å²) in [6.45, 7) is 2.51. The van der Waals surface area contributed by atoms with Crippen LogP contribution in [0.15, 0.2) is 36.4 Å². The SMILES string of the molecule is CC1=CCOc2nc(-c3ccccc3)nc(Cl)c21. The van der Waals surface area contributed by atoms with Crippen LogP contribution < -0.4 is 4.74 Å². The molecule has 18 heavy (non-hydrogen) atoms. The highest BCUT2D eigenvalue weighted by Crippen LogP contribution is 2.34. The Balaban J connectivity index is 2.16. The highest BCUT2D eigenvalue weighted by molar-refractivity contribution is 6.31. The molecular formula is C14H11ClN2O. The van der Waals surface area contributed by atoms with Crippen molar-refractivity contribution in [3.8, 4) is 17.3 Å². The van der Waals surface area contributed by atoms with Crippen molar-refractivity contribution in [2.24, 2.45) is 0 Å². The van der Waals surface area contributed by atoms with E-state index in [0.29, 0.717) is 23.5 Å². The molecule has 0 radical (unpaired) electrons. The second kappa shape index (κ2) is 4.42. The third-order valence-electron chi connectivity index (χ3n) is 2.87. The van der Waals surface area contributed by atoms with Gasteiger partial charge in [-0.25, -0.2) is 4.98 Å². The van der Waals surface area contributed by atoms with Gasteiger partial charge in [0.15, 0.2) is 5.82 Å². The number of allylic oxidation sites excluding steroid dienone is 1. The minimum absolute atomic E-state index is 0.437. The molecule has 90 valence electrons. The Kier molecular flexibility index (Phi) is 2.76. The van der Waals surface area contributed by atoms with Crippen LogP contribution >= 0.6 is 11.6 Å². The molecule has 0 saturated heterocycles. The lowest BCUT2D eigenvalue weighted by Crippen LogP contribution is -2.08. The molecule has 1 aromatic heterocycles. The lowest BCUT2D eigenvalue weighted by molar-refractivity contribution is 0.342. The standard InChI is InChI=1S/C14H11ClN2O/c1-9-7-8-18-14-11(9)12(15)16-13(17-14)10-5-3-2-4-6-10/h2-7H,8H2,1H3. The van der Waals surface area contributed by atoms with Gasteiger partial charge in [0.25, 0.3) is 0 Å². The van der Waals surface area contributed by atoms with E-state index in [9.17, 15) is 0 Å². The Morgan fingerprint density at radius 2 is 1.94 bits per heavy atom. The first-order chi connectivity index (χ1) is 8.75. The molecule has 0 unspecified atom stereocenters. The molecule has 1 aliphatic rings. The molecular weight excluding hydrogens is 248 g/mol. The summed E-state index contributed by atoms with van der Waals surface area (Å²) in [6, 6.07) is 9.73. The van der Waals surface area contributed by atoms with E-state index in [0.717, 1.165) is 16.7 Å². The van der Waals surface area contributed by atoms with Crippen LogP contribution in [-0.4, -0.2) is 16.6 Å². The molecule has 0 fully saturated rings. The first-order valence-corrected chi connectivity index (χ1v) is 6.06. The number of benzene rings is 1. The fraction of sp³-hybridized carbons (Fsp3) is 0.143. The summed E-state index contributed by atoms with van der Waals surface area (Å²) in [5, 5.41) is 0.437. The summed E-state index contributed by atoms with van der Waals surface area (Å²) >= 11 is 6.22. The average Bonchev–Trinajstić information content (AvgIpc) is 2.39. The number of aromatic nitrogens is 2. The number of halogens is 1. The second-order valence-corrected chi connectivity index (χ2v) is 4.44. The molecule has 3 nitrogen and oxygen atoms in total. The van der Waals surface area contributed by atoms with Crippen molar-refractivity contribution < 1.29 is 4.74 Å². The van der Waals surface area contributed by atoms with Crippen molar-refractivity contribution in [2.45, 2.75) is 6.92 Å². The van der Waals surface area contributed by atoms with E-state index in [1.165, 1.54) is 0 Å². The Morgan fingerprint density at radius 3 is 2.72 bits per heavy atom. The summed E-state index contributed by atoms with van der Waals surface area (Å²) in [5.74, 6) is 1.16. The van der Waals surface area contributed by atoms with Gasteiger partial charge < -0.3 is 4.74 Å². The Morgan fingerprint density at radius 1 is 1.17 bits per heavy atom. The van der Waals surface area contributed by atoms with Crippen molar-refractivity contribution in [3.63, 3.8) is 0 Å². The molecule has 3 rings (SSSR count). The molecule has 1 aromatic carbocycles. The van der Waals surface area contributed by atoms with Crippen LogP contribution in [-0.2, 0) is 0 Å². The third-order valence-corrected chi connectivity index (χ3v) is 3.14. The van der Waals surface area contributed by atoms with Gasteiger partial charge in [-0.05, 0) is 18.6 Å². The predicted molar refractivity (Wildman–Crippen MR) is 71.6 cm³/mol. The minimum Gasteiger partial charge on any atom is -0.473 e. The minimum atomic E-state index is 0.437. The van der Waals surface area contributed by atoms with E-state index >= 15 is 0 Å². The van der Waals surface area contributed by atoms with Crippen LogP contribution in [0.5, 0.6) is 5.88 Å². The number of fused-ring (bicyclic) bond motifs is 1. The van der Waals surface area contributed by atoms with E-state index in [2.05, 4.69) is 9.97 Å². The topological polar surface area (TPSA) is 35.0 Å². The highest BCUT2D eigenvalue weighted by Gasteiger charge is 2.19. The summed E-state index contributed by atoms with van der Waals surface area (Å²) in [6.07, 6.45) is 1.97. The first-order valence-electron chi connectivity index (χ1n) is 5.68. The molecule has 4 heteroatoms. The normalized spacial score (nSPS) is 13.6. The zero-order valence-corrected chi connectivity index (χ0v) is 10.6. The second-order valence-electron chi connectivity index (χ2n) is 4.08. The zero-order valence-electron chi connectivity index (χ0n) is 9.85. The van der Waals surface area contributed by atoms with Crippen LogP contribution in [0.4, 0.5) is 0 Å². The number of hydrogen-bond acceptors (Lipinski definition) is 3. The lowest BCUT2D eigenvalue weighted by atomic mass is 10.1. The largest absolute Gasteiger partial charge is 0.473 e. The number of nitrogens with zero attached hydrogens (tertiary/aromatic N) is 2. The van der Waals surface area contributed by atoms with Crippen molar-refractivity contribution in [3.05, 3.63) is 47.1 Å². The molecule has 0 saturated carbocycles. The van der Waals surface area contributed by atoms with Gasteiger partial charge in [0.05, 0.1) is 5.56 Å². The van der Waals surface area contributed by atoms with Crippen LogP contribution in [0.2, 0.25) is 5.15 Å². The van der Waals surface area contributed by atoms with Crippen molar-refractivity contribution >= 4 is 17.2 Å². The maximum Gasteiger partial charge on any atom is 0.226 e. The van der Waals surface area contributed by atoms with Gasteiger partial charge in [0.1, 0.15) is 11.8 Å².